The summed E-state index contributed by atoms with van der Waals surface area (Å²) in [5, 5.41) is 19.0. The van der Waals surface area contributed by atoms with Gasteiger partial charge in [-0.1, -0.05) is 33.8 Å². The van der Waals surface area contributed by atoms with E-state index in [0.29, 0.717) is 12.2 Å². The van der Waals surface area contributed by atoms with E-state index in [9.17, 15) is 15.0 Å². The van der Waals surface area contributed by atoms with E-state index in [2.05, 4.69) is 0 Å². The van der Waals surface area contributed by atoms with Gasteiger partial charge in [0.15, 0.2) is 5.78 Å². The fourth-order valence-corrected chi connectivity index (χ4v) is 2.57. The highest BCUT2D eigenvalue weighted by atomic mass is 16.5. The number of ether oxygens (including phenoxy) is 2. The third kappa shape index (κ3) is 6.51. The molecule has 2 rings (SSSR count). The zero-order chi connectivity index (χ0) is 21.0. The minimum absolute atomic E-state index is 0.0773. The highest BCUT2D eigenvalue weighted by molar-refractivity contribution is 5.98. The molecular formula is C22H32O5. The lowest BCUT2D eigenvalue weighted by Crippen LogP contribution is -2.04. The summed E-state index contributed by atoms with van der Waals surface area (Å²) in [4.78, 5) is 12.3. The van der Waals surface area contributed by atoms with Gasteiger partial charge in [-0.2, -0.15) is 0 Å². The fraction of sp³-hybridized carbons (Fsp3) is 0.409. The largest absolute Gasteiger partial charge is 0.508 e. The van der Waals surface area contributed by atoms with Gasteiger partial charge in [-0.3, -0.25) is 4.79 Å². The summed E-state index contributed by atoms with van der Waals surface area (Å²) >= 11 is 0. The first kappa shape index (κ1) is 24.3. The molecule has 0 saturated heterocycles. The monoisotopic (exact) mass is 376 g/mol. The molecule has 5 heteroatoms. The summed E-state index contributed by atoms with van der Waals surface area (Å²) < 4.78 is 10.7. The van der Waals surface area contributed by atoms with Crippen molar-refractivity contribution in [2.24, 2.45) is 0 Å². The summed E-state index contributed by atoms with van der Waals surface area (Å²) in [5.74, 6) is 0.942. The number of phenolic OH excluding ortho intramolecular Hbond substituents is 2. The number of benzene rings is 2. The van der Waals surface area contributed by atoms with Crippen molar-refractivity contribution in [2.45, 2.75) is 47.5 Å². The molecule has 0 atom stereocenters. The third-order valence-corrected chi connectivity index (χ3v) is 3.76. The minimum Gasteiger partial charge on any atom is -0.508 e. The number of hydrogen-bond donors (Lipinski definition) is 2. The topological polar surface area (TPSA) is 76.0 Å². The molecule has 2 aromatic carbocycles. The van der Waals surface area contributed by atoms with Crippen LogP contribution in [0.4, 0.5) is 0 Å². The Balaban J connectivity index is 0.00000158. The van der Waals surface area contributed by atoms with Gasteiger partial charge in [-0.05, 0) is 37.1 Å². The van der Waals surface area contributed by atoms with Crippen LogP contribution < -0.4 is 9.47 Å². The van der Waals surface area contributed by atoms with E-state index in [1.165, 1.54) is 12.1 Å². The predicted molar refractivity (Wildman–Crippen MR) is 109 cm³/mol. The highest BCUT2D eigenvalue weighted by Gasteiger charge is 2.15. The summed E-state index contributed by atoms with van der Waals surface area (Å²) in [5.41, 5.74) is 1.98. The Morgan fingerprint density at radius 1 is 0.963 bits per heavy atom. The zero-order valence-electron chi connectivity index (χ0n) is 17.4. The molecule has 0 aliphatic heterocycles. The maximum atomic E-state index is 12.3. The summed E-state index contributed by atoms with van der Waals surface area (Å²) in [6.07, 6.45) is 0.702. The lowest BCUT2D eigenvalue weighted by molar-refractivity contribution is 0.0980. The van der Waals surface area contributed by atoms with E-state index < -0.39 is 0 Å². The van der Waals surface area contributed by atoms with Gasteiger partial charge in [0.25, 0.3) is 0 Å². The lowest BCUT2D eigenvalue weighted by atomic mass is 9.99. The maximum absolute atomic E-state index is 12.3. The SMILES string of the molecule is CC.CC.COc1ccc(CCC(=O)c2ccc(O)cc2O)c(OC)c1C. The first-order valence-electron chi connectivity index (χ1n) is 9.23. The van der Waals surface area contributed by atoms with Gasteiger partial charge >= 0.3 is 0 Å². The molecule has 0 aromatic heterocycles. The van der Waals surface area contributed by atoms with Crippen molar-refractivity contribution in [3.05, 3.63) is 47.0 Å². The van der Waals surface area contributed by atoms with Crippen LogP contribution in [0.25, 0.3) is 0 Å². The Morgan fingerprint density at radius 3 is 2.11 bits per heavy atom. The zero-order valence-corrected chi connectivity index (χ0v) is 17.4. The minimum atomic E-state index is -0.215. The van der Waals surface area contributed by atoms with E-state index in [-0.39, 0.29) is 29.3 Å². The number of hydrogen-bond acceptors (Lipinski definition) is 5. The molecule has 150 valence electrons. The molecule has 0 amide bonds. The molecule has 27 heavy (non-hydrogen) atoms. The van der Waals surface area contributed by atoms with Gasteiger partial charge in [-0.25, -0.2) is 0 Å². The molecule has 0 saturated carbocycles. The number of phenols is 2. The average Bonchev–Trinajstić information content (AvgIpc) is 2.69. The van der Waals surface area contributed by atoms with Gasteiger partial charge in [0.2, 0.25) is 0 Å². The Morgan fingerprint density at radius 2 is 1.59 bits per heavy atom. The van der Waals surface area contributed by atoms with Gasteiger partial charge in [0.1, 0.15) is 23.0 Å². The summed E-state index contributed by atoms with van der Waals surface area (Å²) in [6, 6.07) is 7.67. The van der Waals surface area contributed by atoms with Crippen molar-refractivity contribution in [1.82, 2.24) is 0 Å². The number of Topliss-reactive ketones (excluding diaryl/α,β-unsaturated/α-hetero) is 1. The van der Waals surface area contributed by atoms with Crippen LogP contribution in [0, 0.1) is 6.92 Å². The molecule has 2 N–H and O–H groups in total. The third-order valence-electron chi connectivity index (χ3n) is 3.76. The second-order valence-electron chi connectivity index (χ2n) is 5.21. The Kier molecular flexibility index (Phi) is 11.4. The molecular weight excluding hydrogens is 344 g/mol. The van der Waals surface area contributed by atoms with Crippen LogP contribution in [0.15, 0.2) is 30.3 Å². The van der Waals surface area contributed by atoms with E-state index in [1.807, 2.05) is 46.8 Å². The number of aromatic hydroxyl groups is 2. The molecule has 2 aromatic rings. The van der Waals surface area contributed by atoms with Crippen LogP contribution in [0.2, 0.25) is 0 Å². The van der Waals surface area contributed by atoms with Crippen LogP contribution >= 0.6 is 0 Å². The average molecular weight is 376 g/mol. The summed E-state index contributed by atoms with van der Waals surface area (Å²) in [6.45, 7) is 9.90. The van der Waals surface area contributed by atoms with Crippen molar-refractivity contribution in [3.8, 4) is 23.0 Å². The lowest BCUT2D eigenvalue weighted by Gasteiger charge is -2.14. The molecule has 0 fully saturated rings. The molecule has 0 unspecified atom stereocenters. The van der Waals surface area contributed by atoms with Gasteiger partial charge in [-0.15, -0.1) is 0 Å². The molecule has 0 heterocycles. The Labute approximate surface area is 162 Å². The maximum Gasteiger partial charge on any atom is 0.166 e. The van der Waals surface area contributed by atoms with Crippen LogP contribution in [0.5, 0.6) is 23.0 Å². The molecule has 0 aliphatic carbocycles. The fourth-order valence-electron chi connectivity index (χ4n) is 2.57. The number of ketones is 1. The number of aryl methyl sites for hydroxylation is 1. The van der Waals surface area contributed by atoms with Crippen LogP contribution in [0.1, 0.15) is 55.6 Å². The quantitative estimate of drug-likeness (QED) is 0.670. The summed E-state index contributed by atoms with van der Waals surface area (Å²) in [7, 11) is 3.18. The van der Waals surface area contributed by atoms with Crippen molar-refractivity contribution in [3.63, 3.8) is 0 Å². The normalized spacial score (nSPS) is 9.30. The molecule has 0 spiro atoms. The van der Waals surface area contributed by atoms with Crippen LogP contribution in [-0.2, 0) is 6.42 Å². The van der Waals surface area contributed by atoms with E-state index in [0.717, 1.165) is 22.9 Å². The van der Waals surface area contributed by atoms with E-state index >= 15 is 0 Å². The molecule has 0 aliphatic rings. The Hall–Kier alpha value is -2.69. The second kappa shape index (κ2) is 12.6. The van der Waals surface area contributed by atoms with Crippen LogP contribution in [0.3, 0.4) is 0 Å². The van der Waals surface area contributed by atoms with Gasteiger partial charge in [0, 0.05) is 18.1 Å². The van der Waals surface area contributed by atoms with Crippen molar-refractivity contribution >= 4 is 5.78 Å². The first-order valence-corrected chi connectivity index (χ1v) is 9.23. The molecule has 0 bridgehead atoms. The van der Waals surface area contributed by atoms with Crippen molar-refractivity contribution in [2.75, 3.05) is 14.2 Å². The van der Waals surface area contributed by atoms with E-state index in [1.54, 1.807) is 14.2 Å². The second-order valence-corrected chi connectivity index (χ2v) is 5.21. The molecule has 0 radical (unpaired) electrons. The number of carbonyl (C=O) groups excluding carboxylic acids is 1. The highest BCUT2D eigenvalue weighted by Crippen LogP contribution is 2.32. The smallest absolute Gasteiger partial charge is 0.166 e. The van der Waals surface area contributed by atoms with Crippen LogP contribution in [-0.4, -0.2) is 30.2 Å². The van der Waals surface area contributed by atoms with E-state index in [4.69, 9.17) is 9.47 Å². The van der Waals surface area contributed by atoms with Crippen molar-refractivity contribution < 1.29 is 24.5 Å². The molecule has 5 nitrogen and oxygen atoms in total. The predicted octanol–water partition coefficient (Wildman–Crippen LogP) is 5.29. The first-order chi connectivity index (χ1) is 13.0. The van der Waals surface area contributed by atoms with Gasteiger partial charge in [0.05, 0.1) is 19.8 Å². The number of rotatable bonds is 6. The number of carbonyl (C=O) groups is 1. The van der Waals surface area contributed by atoms with Gasteiger partial charge < -0.3 is 19.7 Å². The standard InChI is InChI=1S/C18H20O5.2C2H6/c1-11-17(22-2)9-5-12(18(11)23-3)4-8-15(20)14-7-6-13(19)10-16(14)21;2*1-2/h5-7,9-10,19,21H,4,8H2,1-3H3;2*1-2H3. The Bertz CT molecular complexity index is 723. The van der Waals surface area contributed by atoms with Crippen molar-refractivity contribution in [1.29, 1.82) is 0 Å². The number of methoxy groups -OCH3 is 2.